The molecule has 0 aliphatic carbocycles. The molecule has 0 fully saturated rings. The molecule has 6 heteroatoms. The van der Waals surface area contributed by atoms with E-state index in [1.165, 1.54) is 25.3 Å². The van der Waals surface area contributed by atoms with E-state index in [2.05, 4.69) is 0 Å². The van der Waals surface area contributed by atoms with Gasteiger partial charge in [-0.3, -0.25) is 4.79 Å². The predicted molar refractivity (Wildman–Crippen MR) is 113 cm³/mol. The number of ether oxygens (including phenoxy) is 1. The summed E-state index contributed by atoms with van der Waals surface area (Å²) >= 11 is 0. The number of hydrogen-bond donors (Lipinski definition) is 0. The third-order valence-electron chi connectivity index (χ3n) is 5.26. The van der Waals surface area contributed by atoms with Gasteiger partial charge in [-0.25, -0.2) is 8.42 Å². The van der Waals surface area contributed by atoms with E-state index in [0.29, 0.717) is 24.2 Å². The zero-order chi connectivity index (χ0) is 21.5. The Morgan fingerprint density at radius 1 is 1.10 bits per heavy atom. The zero-order valence-electron chi connectivity index (χ0n) is 17.2. The summed E-state index contributed by atoms with van der Waals surface area (Å²) in [7, 11) is -2.43. The molecule has 0 aliphatic rings. The van der Waals surface area contributed by atoms with Gasteiger partial charge in [0, 0.05) is 16.5 Å². The predicted octanol–water partition coefficient (Wildman–Crippen LogP) is 4.49. The Labute approximate surface area is 173 Å². The minimum Gasteiger partial charge on any atom is -0.497 e. The van der Waals surface area contributed by atoms with E-state index in [-0.39, 0.29) is 16.2 Å². The zero-order valence-corrected chi connectivity index (χ0v) is 18.0. The largest absolute Gasteiger partial charge is 0.497 e. The van der Waals surface area contributed by atoms with Crippen LogP contribution in [0.15, 0.2) is 53.4 Å². The Hall–Kier alpha value is -2.47. The summed E-state index contributed by atoms with van der Waals surface area (Å²) in [6.45, 7) is 3.82. The van der Waals surface area contributed by atoms with Crippen LogP contribution in [0.2, 0.25) is 0 Å². The minimum atomic E-state index is -3.89. The first-order chi connectivity index (χ1) is 13.8. The lowest BCUT2D eigenvalue weighted by atomic mass is 9.84. The van der Waals surface area contributed by atoms with Crippen LogP contribution in [-0.4, -0.2) is 33.3 Å². The standard InChI is InChI=1S/C23H28O5S/c1-4-6-14-23(5-2,16-24)17-29(26,27)21-13-12-19(28-3)15-20(21)22(25)18-10-8-7-9-11-18/h7-13,15-16H,4-6,14,17H2,1-3H3. The Balaban J connectivity index is 2.54. The van der Waals surface area contributed by atoms with Crippen LogP contribution in [0.4, 0.5) is 0 Å². The summed E-state index contributed by atoms with van der Waals surface area (Å²) in [6.07, 6.45) is 3.33. The molecule has 0 N–H and O–H groups in total. The van der Waals surface area contributed by atoms with Gasteiger partial charge in [0.25, 0.3) is 0 Å². The van der Waals surface area contributed by atoms with Gasteiger partial charge in [-0.15, -0.1) is 0 Å². The molecular weight excluding hydrogens is 388 g/mol. The number of unbranched alkanes of at least 4 members (excludes halogenated alkanes) is 1. The summed E-state index contributed by atoms with van der Waals surface area (Å²) in [5.41, 5.74) is -0.510. The maximum atomic E-state index is 13.3. The smallest absolute Gasteiger partial charge is 0.194 e. The van der Waals surface area contributed by atoms with Gasteiger partial charge < -0.3 is 9.53 Å². The van der Waals surface area contributed by atoms with E-state index >= 15 is 0 Å². The van der Waals surface area contributed by atoms with Crippen LogP contribution in [0.1, 0.15) is 55.5 Å². The van der Waals surface area contributed by atoms with Crippen molar-refractivity contribution < 1.29 is 22.7 Å². The van der Waals surface area contributed by atoms with Crippen molar-refractivity contribution in [3.05, 3.63) is 59.7 Å². The Morgan fingerprint density at radius 2 is 1.79 bits per heavy atom. The highest BCUT2D eigenvalue weighted by Crippen LogP contribution is 2.33. The van der Waals surface area contributed by atoms with Crippen molar-refractivity contribution in [2.75, 3.05) is 12.9 Å². The average molecular weight is 417 g/mol. The molecule has 0 saturated carbocycles. The molecule has 0 spiro atoms. The lowest BCUT2D eigenvalue weighted by Gasteiger charge is -2.26. The number of ketones is 1. The molecule has 0 saturated heterocycles. The molecule has 5 nitrogen and oxygen atoms in total. The van der Waals surface area contributed by atoms with Gasteiger partial charge in [0.15, 0.2) is 15.6 Å². The fraction of sp³-hybridized carbons (Fsp3) is 0.391. The summed E-state index contributed by atoms with van der Waals surface area (Å²) in [6, 6.07) is 12.9. The molecule has 2 aromatic carbocycles. The SMILES string of the molecule is CCCCC(C=O)(CC)CS(=O)(=O)c1ccc(OC)cc1C(=O)c1ccccc1. The molecule has 0 heterocycles. The van der Waals surface area contributed by atoms with Gasteiger partial charge >= 0.3 is 0 Å². The third-order valence-corrected chi connectivity index (χ3v) is 7.24. The molecule has 0 aliphatic heterocycles. The number of sulfone groups is 1. The highest BCUT2D eigenvalue weighted by molar-refractivity contribution is 7.91. The lowest BCUT2D eigenvalue weighted by molar-refractivity contribution is -0.115. The van der Waals surface area contributed by atoms with Crippen molar-refractivity contribution in [2.24, 2.45) is 5.41 Å². The monoisotopic (exact) mass is 416 g/mol. The minimum absolute atomic E-state index is 0.0574. The first-order valence-corrected chi connectivity index (χ1v) is 11.4. The van der Waals surface area contributed by atoms with Gasteiger partial charge in [-0.2, -0.15) is 0 Å². The van der Waals surface area contributed by atoms with E-state index in [1.807, 2.05) is 13.8 Å². The van der Waals surface area contributed by atoms with Crippen LogP contribution in [0.25, 0.3) is 0 Å². The first-order valence-electron chi connectivity index (χ1n) is 9.79. The number of hydrogen-bond acceptors (Lipinski definition) is 5. The summed E-state index contributed by atoms with van der Waals surface area (Å²) in [5.74, 6) is -0.322. The van der Waals surface area contributed by atoms with Crippen molar-refractivity contribution in [3.8, 4) is 5.75 Å². The quantitative estimate of drug-likeness (QED) is 0.398. The van der Waals surface area contributed by atoms with Gasteiger partial charge in [0.05, 0.1) is 17.8 Å². The molecule has 2 rings (SSSR count). The fourth-order valence-corrected chi connectivity index (χ4v) is 5.43. The molecule has 2 aromatic rings. The number of methoxy groups -OCH3 is 1. The molecule has 1 unspecified atom stereocenters. The topological polar surface area (TPSA) is 77.5 Å². The molecule has 29 heavy (non-hydrogen) atoms. The molecule has 0 amide bonds. The maximum absolute atomic E-state index is 13.3. The van der Waals surface area contributed by atoms with Gasteiger partial charge in [-0.1, -0.05) is 57.0 Å². The van der Waals surface area contributed by atoms with Crippen molar-refractivity contribution in [1.82, 2.24) is 0 Å². The van der Waals surface area contributed by atoms with Crippen LogP contribution in [0.5, 0.6) is 5.75 Å². The lowest BCUT2D eigenvalue weighted by Crippen LogP contribution is -2.32. The van der Waals surface area contributed by atoms with Crippen LogP contribution in [-0.2, 0) is 14.6 Å². The summed E-state index contributed by atoms with van der Waals surface area (Å²) < 4.78 is 31.9. The summed E-state index contributed by atoms with van der Waals surface area (Å²) in [5, 5.41) is 0. The summed E-state index contributed by atoms with van der Waals surface area (Å²) in [4.78, 5) is 24.9. The van der Waals surface area contributed by atoms with E-state index in [4.69, 9.17) is 4.74 Å². The second kappa shape index (κ2) is 9.83. The van der Waals surface area contributed by atoms with Crippen molar-refractivity contribution in [1.29, 1.82) is 0 Å². The normalized spacial score (nSPS) is 13.5. The van der Waals surface area contributed by atoms with Crippen molar-refractivity contribution in [3.63, 3.8) is 0 Å². The number of benzene rings is 2. The molecular formula is C23H28O5S. The van der Waals surface area contributed by atoms with Crippen LogP contribution >= 0.6 is 0 Å². The number of rotatable bonds is 11. The van der Waals surface area contributed by atoms with Gasteiger partial charge in [-0.05, 0) is 31.0 Å². The molecule has 0 radical (unpaired) electrons. The van der Waals surface area contributed by atoms with E-state index in [9.17, 15) is 18.0 Å². The van der Waals surface area contributed by atoms with Crippen LogP contribution in [0, 0.1) is 5.41 Å². The fourth-order valence-electron chi connectivity index (χ4n) is 3.34. The van der Waals surface area contributed by atoms with Crippen molar-refractivity contribution >= 4 is 21.9 Å². The number of aldehydes is 1. The van der Waals surface area contributed by atoms with E-state index in [0.717, 1.165) is 19.1 Å². The van der Waals surface area contributed by atoms with Gasteiger partial charge in [0.1, 0.15) is 12.0 Å². The highest BCUT2D eigenvalue weighted by atomic mass is 32.2. The maximum Gasteiger partial charge on any atom is 0.194 e. The van der Waals surface area contributed by atoms with E-state index < -0.39 is 21.0 Å². The van der Waals surface area contributed by atoms with E-state index in [1.54, 1.807) is 30.3 Å². The Bertz CT molecular complexity index is 950. The molecule has 156 valence electrons. The third kappa shape index (κ3) is 5.32. The highest BCUT2D eigenvalue weighted by Gasteiger charge is 2.36. The van der Waals surface area contributed by atoms with Crippen molar-refractivity contribution in [2.45, 2.75) is 44.4 Å². The molecule has 0 aromatic heterocycles. The van der Waals surface area contributed by atoms with Crippen LogP contribution in [0.3, 0.4) is 0 Å². The van der Waals surface area contributed by atoms with Gasteiger partial charge in [0.2, 0.25) is 0 Å². The molecule has 1 atom stereocenters. The second-order valence-electron chi connectivity index (χ2n) is 7.25. The Kier molecular flexibility index (Phi) is 7.73. The number of carbonyl (C=O) groups is 2. The number of carbonyl (C=O) groups excluding carboxylic acids is 2. The first kappa shape index (κ1) is 22.8. The molecule has 0 bridgehead atoms. The second-order valence-corrected chi connectivity index (χ2v) is 9.21. The Morgan fingerprint density at radius 3 is 2.34 bits per heavy atom. The van der Waals surface area contributed by atoms with Crippen LogP contribution < -0.4 is 4.74 Å². The average Bonchev–Trinajstić information content (AvgIpc) is 2.76.